The van der Waals surface area contributed by atoms with Crippen molar-refractivity contribution in [1.29, 1.82) is 0 Å². The molecule has 18 heavy (non-hydrogen) atoms. The molecule has 0 unspecified atom stereocenters. The predicted octanol–water partition coefficient (Wildman–Crippen LogP) is 1.63. The summed E-state index contributed by atoms with van der Waals surface area (Å²) in [4.78, 5) is 11.0. The van der Waals surface area contributed by atoms with Gasteiger partial charge in [0.05, 0.1) is 0 Å². The Labute approximate surface area is 117 Å². The molecule has 1 aliphatic carbocycles. The molecule has 0 saturated heterocycles. The summed E-state index contributed by atoms with van der Waals surface area (Å²) >= 11 is 0. The molecule has 0 heterocycles. The van der Waals surface area contributed by atoms with Crippen molar-refractivity contribution in [3.8, 4) is 0 Å². The Balaban J connectivity index is -0.000000285. The summed E-state index contributed by atoms with van der Waals surface area (Å²) in [5, 5.41) is 0. The topological polar surface area (TPSA) is 76.8 Å². The smallest absolute Gasteiger partial charge is 0 e. The molecular weight excluding hydrogens is 272 g/mol. The van der Waals surface area contributed by atoms with Gasteiger partial charge in [-0.3, -0.25) is 4.79 Å². The molecule has 0 atom stereocenters. The van der Waals surface area contributed by atoms with Crippen LogP contribution in [0.1, 0.15) is 17.5 Å². The SMILES string of the molecule is O=C1CCc2ccccc2C1.[C-]#[O+].[C-]#[O+].[C-]#[O+].[Cr]. The van der Waals surface area contributed by atoms with E-state index >= 15 is 0 Å². The van der Waals surface area contributed by atoms with Crippen LogP contribution in [0.4, 0.5) is 0 Å². The number of carbonyl (C=O) groups is 1. The van der Waals surface area contributed by atoms with E-state index in [2.05, 4.69) is 26.0 Å². The molecule has 4 nitrogen and oxygen atoms in total. The number of Topliss-reactive ketones (excluding diaryl/α,β-unsaturated/α-hetero) is 1. The Morgan fingerprint density at radius 1 is 0.833 bits per heavy atom. The van der Waals surface area contributed by atoms with Gasteiger partial charge in [-0.1, -0.05) is 24.3 Å². The molecule has 1 aliphatic rings. The first-order valence-electron chi connectivity index (χ1n) is 4.56. The second-order valence-electron chi connectivity index (χ2n) is 2.98. The van der Waals surface area contributed by atoms with Crippen LogP contribution in [0.5, 0.6) is 0 Å². The van der Waals surface area contributed by atoms with Gasteiger partial charge in [0.1, 0.15) is 5.78 Å². The Kier molecular flexibility index (Phi) is 19.0. The van der Waals surface area contributed by atoms with E-state index in [1.165, 1.54) is 11.1 Å². The van der Waals surface area contributed by atoms with Crippen molar-refractivity contribution >= 4 is 5.78 Å². The normalized spacial score (nSPS) is 10.2. The van der Waals surface area contributed by atoms with E-state index in [-0.39, 0.29) is 17.4 Å². The molecule has 0 saturated carbocycles. The standard InChI is InChI=1S/C10H10O.3CO.Cr/c11-10-6-5-8-3-1-2-4-9(8)7-10;3*1-2;/h1-4H,5-7H2;;;;. The number of benzene rings is 1. The number of rotatable bonds is 0. The summed E-state index contributed by atoms with van der Waals surface area (Å²) in [6, 6.07) is 8.19. The number of hydrogen-bond acceptors (Lipinski definition) is 1. The van der Waals surface area contributed by atoms with Crippen molar-refractivity contribution in [2.45, 2.75) is 19.3 Å². The fourth-order valence-corrected chi connectivity index (χ4v) is 1.55. The Morgan fingerprint density at radius 2 is 1.28 bits per heavy atom. The van der Waals surface area contributed by atoms with Crippen LogP contribution in [-0.4, -0.2) is 5.78 Å². The quantitative estimate of drug-likeness (QED) is 0.526. The van der Waals surface area contributed by atoms with Gasteiger partial charge in [-0.25, -0.2) is 0 Å². The van der Waals surface area contributed by atoms with Gasteiger partial charge >= 0.3 is 33.9 Å². The zero-order valence-corrected chi connectivity index (χ0v) is 10.7. The second kappa shape index (κ2) is 15.6. The van der Waals surface area contributed by atoms with Crippen molar-refractivity contribution < 1.29 is 36.1 Å². The summed E-state index contributed by atoms with van der Waals surface area (Å²) in [7, 11) is 0. The minimum Gasteiger partial charge on any atom is 0 e. The van der Waals surface area contributed by atoms with E-state index < -0.39 is 0 Å². The molecule has 0 amide bonds. The van der Waals surface area contributed by atoms with E-state index in [4.69, 9.17) is 14.0 Å². The van der Waals surface area contributed by atoms with Crippen LogP contribution in [0.25, 0.3) is 0 Å². The zero-order valence-electron chi connectivity index (χ0n) is 9.47. The maximum Gasteiger partial charge on any atom is 0 e. The second-order valence-corrected chi connectivity index (χ2v) is 2.98. The van der Waals surface area contributed by atoms with Crippen LogP contribution in [0.15, 0.2) is 24.3 Å². The molecular formula is C13H10CrO4. The monoisotopic (exact) mass is 282 g/mol. The van der Waals surface area contributed by atoms with Crippen LogP contribution < -0.4 is 0 Å². The number of carbonyl (C=O) groups excluding carboxylic acids is 1. The van der Waals surface area contributed by atoms with Crippen LogP contribution >= 0.6 is 0 Å². The van der Waals surface area contributed by atoms with E-state index in [0.717, 1.165) is 12.8 Å². The Bertz CT molecular complexity index is 393. The van der Waals surface area contributed by atoms with Gasteiger partial charge < -0.3 is 0 Å². The summed E-state index contributed by atoms with van der Waals surface area (Å²) in [5.41, 5.74) is 2.58. The van der Waals surface area contributed by atoms with E-state index in [9.17, 15) is 4.79 Å². The van der Waals surface area contributed by atoms with Crippen LogP contribution in [-0.2, 0) is 49.0 Å². The molecule has 92 valence electrons. The third-order valence-electron chi connectivity index (χ3n) is 2.18. The first kappa shape index (κ1) is 21.9. The fourth-order valence-electron chi connectivity index (χ4n) is 1.55. The molecule has 1 aromatic carbocycles. The van der Waals surface area contributed by atoms with Crippen LogP contribution in [0.2, 0.25) is 0 Å². The summed E-state index contributed by atoms with van der Waals surface area (Å²) in [6.07, 6.45) is 2.32. The van der Waals surface area contributed by atoms with Gasteiger partial charge in [0, 0.05) is 30.2 Å². The van der Waals surface area contributed by atoms with Crippen molar-refractivity contribution in [3.63, 3.8) is 0 Å². The summed E-state index contributed by atoms with van der Waals surface area (Å²) < 4.78 is 22.5. The predicted molar refractivity (Wildman–Crippen MR) is 55.3 cm³/mol. The van der Waals surface area contributed by atoms with E-state index in [1.807, 2.05) is 18.2 Å². The van der Waals surface area contributed by atoms with Crippen molar-refractivity contribution in [3.05, 3.63) is 55.3 Å². The van der Waals surface area contributed by atoms with Crippen molar-refractivity contribution in [2.75, 3.05) is 0 Å². The molecule has 2 rings (SSSR count). The number of ketones is 1. The molecule has 0 N–H and O–H groups in total. The first-order chi connectivity index (χ1) is 8.36. The van der Waals surface area contributed by atoms with Crippen LogP contribution in [0, 0.1) is 20.0 Å². The molecule has 0 aliphatic heterocycles. The third-order valence-corrected chi connectivity index (χ3v) is 2.18. The molecule has 5 heteroatoms. The summed E-state index contributed by atoms with van der Waals surface area (Å²) in [6.45, 7) is 13.5. The Morgan fingerprint density at radius 3 is 1.78 bits per heavy atom. The maximum atomic E-state index is 11.0. The van der Waals surface area contributed by atoms with Crippen LogP contribution in [0.3, 0.4) is 0 Å². The Hall–Kier alpha value is -1.36. The fraction of sp³-hybridized carbons (Fsp3) is 0.231. The van der Waals surface area contributed by atoms with Crippen molar-refractivity contribution in [2.24, 2.45) is 0 Å². The average Bonchev–Trinajstić information content (AvgIpc) is 2.45. The minimum atomic E-state index is 0. The molecule has 0 aromatic heterocycles. The molecule has 0 spiro atoms. The van der Waals surface area contributed by atoms with Gasteiger partial charge in [-0.2, -0.15) is 0 Å². The van der Waals surface area contributed by atoms with Gasteiger partial charge in [0.25, 0.3) is 0 Å². The average molecular weight is 282 g/mol. The largest absolute Gasteiger partial charge is 0 e. The number of fused-ring (bicyclic) bond motifs is 1. The molecule has 0 radical (unpaired) electrons. The van der Waals surface area contributed by atoms with Gasteiger partial charge in [0.15, 0.2) is 0 Å². The molecule has 1 aromatic rings. The molecule has 0 bridgehead atoms. The third kappa shape index (κ3) is 7.84. The van der Waals surface area contributed by atoms with E-state index in [1.54, 1.807) is 0 Å². The van der Waals surface area contributed by atoms with Gasteiger partial charge in [0.2, 0.25) is 0 Å². The first-order valence-corrected chi connectivity index (χ1v) is 4.56. The minimum absolute atomic E-state index is 0. The van der Waals surface area contributed by atoms with Gasteiger partial charge in [-0.05, 0) is 17.5 Å². The number of hydrogen-bond donors (Lipinski definition) is 0. The molecule has 0 fully saturated rings. The summed E-state index contributed by atoms with van der Waals surface area (Å²) in [5.74, 6) is 0.378. The van der Waals surface area contributed by atoms with Gasteiger partial charge in [-0.15, -0.1) is 0 Å². The van der Waals surface area contributed by atoms with E-state index in [0.29, 0.717) is 12.2 Å². The van der Waals surface area contributed by atoms with Crippen molar-refractivity contribution in [1.82, 2.24) is 0 Å². The number of aryl methyl sites for hydroxylation is 1. The zero-order chi connectivity index (χ0) is 13.7. The maximum absolute atomic E-state index is 11.0.